The Bertz CT molecular complexity index is 217. The van der Waals surface area contributed by atoms with Crippen molar-refractivity contribution in [3.05, 3.63) is 36.5 Å². The molecule has 0 heterocycles. The third kappa shape index (κ3) is 5.44. The minimum Gasteiger partial charge on any atom is -0.294 e. The molecule has 0 fully saturated rings. The lowest BCUT2D eigenvalue weighted by Crippen LogP contribution is -2.29. The fourth-order valence-corrected chi connectivity index (χ4v) is 0.662. The first-order chi connectivity index (χ1) is 5.70. The topological polar surface area (TPSA) is 55.1 Å². The minimum atomic E-state index is -0.184. The maximum absolute atomic E-state index is 10.7. The van der Waals surface area contributed by atoms with Crippen molar-refractivity contribution in [1.29, 1.82) is 0 Å². The quantitative estimate of drug-likeness (QED) is 0.284. The zero-order chi connectivity index (χ0) is 9.40. The first-order valence-corrected chi connectivity index (χ1v) is 3.65. The van der Waals surface area contributed by atoms with Gasteiger partial charge in [0.05, 0.1) is 0 Å². The molecule has 66 valence electrons. The summed E-state index contributed by atoms with van der Waals surface area (Å²) in [5.41, 5.74) is 3.02. The molecule has 1 amide bonds. The van der Waals surface area contributed by atoms with Crippen molar-refractivity contribution in [2.75, 3.05) is 0 Å². The number of allylic oxidation sites excluding steroid dienone is 4. The van der Waals surface area contributed by atoms with E-state index in [9.17, 15) is 4.79 Å². The maximum Gasteiger partial charge on any atom is 0.237 e. The lowest BCUT2D eigenvalue weighted by Gasteiger charge is -1.97. The van der Waals surface area contributed by atoms with E-state index in [2.05, 4.69) is 12.0 Å². The normalized spacial score (nSPS) is 11.7. The third-order valence-electron chi connectivity index (χ3n) is 1.23. The van der Waals surface area contributed by atoms with Gasteiger partial charge in [0.15, 0.2) is 0 Å². The van der Waals surface area contributed by atoms with Gasteiger partial charge in [-0.05, 0) is 6.92 Å². The number of nitrogens with one attached hydrogen (secondary N) is 1. The SMILES string of the molecule is C=C/C=C\C=C(/C)CC(=O)NN. The largest absolute Gasteiger partial charge is 0.294 e. The van der Waals surface area contributed by atoms with Crippen LogP contribution in [0.1, 0.15) is 13.3 Å². The summed E-state index contributed by atoms with van der Waals surface area (Å²) in [5.74, 6) is 4.73. The molecule has 0 aliphatic carbocycles. The van der Waals surface area contributed by atoms with Gasteiger partial charge >= 0.3 is 0 Å². The number of rotatable bonds is 4. The van der Waals surface area contributed by atoms with E-state index in [1.54, 1.807) is 12.2 Å². The van der Waals surface area contributed by atoms with Crippen molar-refractivity contribution in [2.45, 2.75) is 13.3 Å². The summed E-state index contributed by atoms with van der Waals surface area (Å²) in [6, 6.07) is 0. The minimum absolute atomic E-state index is 0.184. The van der Waals surface area contributed by atoms with Gasteiger partial charge in [-0.3, -0.25) is 10.2 Å². The van der Waals surface area contributed by atoms with Gasteiger partial charge in [-0.1, -0.05) is 36.5 Å². The van der Waals surface area contributed by atoms with Crippen LogP contribution in [0.3, 0.4) is 0 Å². The molecule has 0 saturated heterocycles. The number of nitrogens with two attached hydrogens (primary N) is 1. The summed E-state index contributed by atoms with van der Waals surface area (Å²) in [6.45, 7) is 5.38. The van der Waals surface area contributed by atoms with E-state index in [1.807, 2.05) is 19.1 Å². The molecule has 0 aromatic carbocycles. The first-order valence-electron chi connectivity index (χ1n) is 3.65. The van der Waals surface area contributed by atoms with Gasteiger partial charge in [0.1, 0.15) is 0 Å². The highest BCUT2D eigenvalue weighted by Gasteiger charge is 1.96. The van der Waals surface area contributed by atoms with Crippen LogP contribution in [0.25, 0.3) is 0 Å². The Kier molecular flexibility index (Phi) is 5.65. The number of carbonyl (C=O) groups excluding carboxylic acids is 1. The summed E-state index contributed by atoms with van der Waals surface area (Å²) >= 11 is 0. The standard InChI is InChI=1S/C9H14N2O/c1-3-4-5-6-8(2)7-9(12)11-10/h3-6H,1,7,10H2,2H3,(H,11,12)/b5-4-,8-6+. The molecule has 0 spiro atoms. The molecule has 0 aliphatic heterocycles. The molecule has 0 aliphatic rings. The summed E-state index contributed by atoms with van der Waals surface area (Å²) in [7, 11) is 0. The van der Waals surface area contributed by atoms with Crippen molar-refractivity contribution in [3.8, 4) is 0 Å². The smallest absolute Gasteiger partial charge is 0.237 e. The van der Waals surface area contributed by atoms with Crippen LogP contribution in [0.2, 0.25) is 0 Å². The molecule has 0 saturated carbocycles. The van der Waals surface area contributed by atoms with E-state index in [0.717, 1.165) is 5.57 Å². The number of carbonyl (C=O) groups is 1. The predicted molar refractivity (Wildman–Crippen MR) is 50.0 cm³/mol. The van der Waals surface area contributed by atoms with Crippen LogP contribution in [0.4, 0.5) is 0 Å². The molecule has 0 aromatic heterocycles. The molecule has 0 radical (unpaired) electrons. The van der Waals surface area contributed by atoms with Crippen molar-refractivity contribution < 1.29 is 4.79 Å². The van der Waals surface area contributed by atoms with Crippen molar-refractivity contribution in [3.63, 3.8) is 0 Å². The molecular formula is C9H14N2O. The monoisotopic (exact) mass is 166 g/mol. The molecule has 0 aromatic rings. The van der Waals surface area contributed by atoms with Gasteiger partial charge in [-0.15, -0.1) is 0 Å². The van der Waals surface area contributed by atoms with Crippen molar-refractivity contribution in [2.24, 2.45) is 5.84 Å². The first kappa shape index (κ1) is 10.7. The van der Waals surface area contributed by atoms with Crippen LogP contribution in [0.5, 0.6) is 0 Å². The molecule has 0 bridgehead atoms. The van der Waals surface area contributed by atoms with Gasteiger partial charge in [0, 0.05) is 6.42 Å². The molecule has 12 heavy (non-hydrogen) atoms. The Morgan fingerprint density at radius 2 is 2.25 bits per heavy atom. The molecule has 3 N–H and O–H groups in total. The summed E-state index contributed by atoms with van der Waals surface area (Å²) < 4.78 is 0. The average Bonchev–Trinajstić information content (AvgIpc) is 2.05. The molecule has 0 unspecified atom stereocenters. The lowest BCUT2D eigenvalue weighted by molar-refractivity contribution is -0.120. The summed E-state index contributed by atoms with van der Waals surface area (Å²) in [4.78, 5) is 10.7. The number of hydrogen-bond acceptors (Lipinski definition) is 2. The van der Waals surface area contributed by atoms with Crippen LogP contribution in [0.15, 0.2) is 36.5 Å². The third-order valence-corrected chi connectivity index (χ3v) is 1.23. The molecule has 3 heteroatoms. The summed E-state index contributed by atoms with van der Waals surface area (Å²) in [6.07, 6.45) is 7.47. The van der Waals surface area contributed by atoms with Crippen LogP contribution in [-0.2, 0) is 4.79 Å². The lowest BCUT2D eigenvalue weighted by atomic mass is 10.2. The van der Waals surface area contributed by atoms with Crippen molar-refractivity contribution >= 4 is 5.91 Å². The Balaban J connectivity index is 3.93. The predicted octanol–water partition coefficient (Wildman–Crippen LogP) is 1.05. The van der Waals surface area contributed by atoms with Gasteiger partial charge in [0.25, 0.3) is 0 Å². The van der Waals surface area contributed by atoms with E-state index >= 15 is 0 Å². The number of hydrazine groups is 1. The van der Waals surface area contributed by atoms with Crippen LogP contribution >= 0.6 is 0 Å². The van der Waals surface area contributed by atoms with E-state index in [-0.39, 0.29) is 5.91 Å². The Morgan fingerprint density at radius 3 is 2.75 bits per heavy atom. The fourth-order valence-electron chi connectivity index (χ4n) is 0.662. The van der Waals surface area contributed by atoms with Gasteiger partial charge in [0.2, 0.25) is 5.91 Å². The average molecular weight is 166 g/mol. The van der Waals surface area contributed by atoms with Gasteiger partial charge in [-0.25, -0.2) is 5.84 Å². The number of amides is 1. The zero-order valence-corrected chi connectivity index (χ0v) is 7.21. The molecule has 0 rings (SSSR count). The van der Waals surface area contributed by atoms with Gasteiger partial charge in [-0.2, -0.15) is 0 Å². The molecule has 0 atom stereocenters. The Labute approximate surface area is 72.6 Å². The maximum atomic E-state index is 10.7. The molecule has 3 nitrogen and oxygen atoms in total. The van der Waals surface area contributed by atoms with Crippen molar-refractivity contribution in [1.82, 2.24) is 5.43 Å². The second-order valence-corrected chi connectivity index (χ2v) is 2.38. The molecular weight excluding hydrogens is 152 g/mol. The van der Waals surface area contributed by atoms with E-state index in [0.29, 0.717) is 6.42 Å². The highest BCUT2D eigenvalue weighted by molar-refractivity contribution is 5.77. The Morgan fingerprint density at radius 1 is 1.58 bits per heavy atom. The van der Waals surface area contributed by atoms with E-state index < -0.39 is 0 Å². The Hall–Kier alpha value is -1.35. The second-order valence-electron chi connectivity index (χ2n) is 2.38. The van der Waals surface area contributed by atoms with Crippen LogP contribution < -0.4 is 11.3 Å². The summed E-state index contributed by atoms with van der Waals surface area (Å²) in [5, 5.41) is 0. The van der Waals surface area contributed by atoms with E-state index in [1.165, 1.54) is 0 Å². The fraction of sp³-hybridized carbons (Fsp3) is 0.222. The van der Waals surface area contributed by atoms with Gasteiger partial charge < -0.3 is 0 Å². The number of hydrogen-bond donors (Lipinski definition) is 2. The highest BCUT2D eigenvalue weighted by atomic mass is 16.2. The second kappa shape index (κ2) is 6.37. The van der Waals surface area contributed by atoms with Crippen LogP contribution in [-0.4, -0.2) is 5.91 Å². The zero-order valence-electron chi connectivity index (χ0n) is 7.21. The van der Waals surface area contributed by atoms with E-state index in [4.69, 9.17) is 5.84 Å². The highest BCUT2D eigenvalue weighted by Crippen LogP contribution is 1.98. The van der Waals surface area contributed by atoms with Crippen LogP contribution in [0, 0.1) is 0 Å².